The number of carbonyl (C=O) groups is 1. The summed E-state index contributed by atoms with van der Waals surface area (Å²) in [5.41, 5.74) is 5.16. The Kier molecular flexibility index (Phi) is 3.84. The van der Waals surface area contributed by atoms with Gasteiger partial charge >= 0.3 is 6.09 Å². The van der Waals surface area contributed by atoms with Crippen molar-refractivity contribution in [3.63, 3.8) is 0 Å². The van der Waals surface area contributed by atoms with Gasteiger partial charge in [0.1, 0.15) is 5.60 Å². The third kappa shape index (κ3) is 3.11. The summed E-state index contributed by atoms with van der Waals surface area (Å²) in [6, 6.07) is 0. The first-order valence-corrected chi connectivity index (χ1v) is 6.05. The maximum absolute atomic E-state index is 12.0. The maximum Gasteiger partial charge on any atom is 0.410 e. The first-order chi connectivity index (χ1) is 7.34. The molecule has 0 heterocycles. The van der Waals surface area contributed by atoms with E-state index >= 15 is 0 Å². The van der Waals surface area contributed by atoms with Crippen molar-refractivity contribution in [3.8, 4) is 0 Å². The van der Waals surface area contributed by atoms with Crippen LogP contribution in [0.2, 0.25) is 0 Å². The number of amides is 1. The highest BCUT2D eigenvalue weighted by atomic mass is 16.6. The van der Waals surface area contributed by atoms with Crippen LogP contribution >= 0.6 is 0 Å². The second-order valence-corrected chi connectivity index (χ2v) is 5.49. The van der Waals surface area contributed by atoms with Crippen LogP contribution in [0, 0.1) is 0 Å². The van der Waals surface area contributed by atoms with Gasteiger partial charge in [-0.25, -0.2) is 4.79 Å². The number of carbonyl (C=O) groups excluding carboxylic acids is 1. The van der Waals surface area contributed by atoms with Crippen molar-refractivity contribution in [2.75, 3.05) is 13.1 Å². The predicted molar refractivity (Wildman–Crippen MR) is 64.3 cm³/mol. The van der Waals surface area contributed by atoms with E-state index in [0.29, 0.717) is 13.1 Å². The molecule has 4 heteroatoms. The molecule has 1 rings (SSSR count). The molecule has 0 aliphatic heterocycles. The Balaban J connectivity index is 2.64. The van der Waals surface area contributed by atoms with Crippen LogP contribution in [0.25, 0.3) is 0 Å². The molecule has 0 saturated heterocycles. The molecule has 0 atom stereocenters. The Morgan fingerprint density at radius 1 is 1.44 bits per heavy atom. The normalized spacial score (nSPS) is 18.1. The quantitative estimate of drug-likeness (QED) is 0.802. The van der Waals surface area contributed by atoms with Crippen LogP contribution in [0.4, 0.5) is 4.79 Å². The predicted octanol–water partition coefficient (Wildman–Crippen LogP) is 2.12. The van der Waals surface area contributed by atoms with Crippen molar-refractivity contribution in [1.82, 2.24) is 4.90 Å². The number of rotatable bonds is 4. The van der Waals surface area contributed by atoms with Crippen LogP contribution in [-0.4, -0.2) is 35.2 Å². The molecule has 0 aromatic rings. The molecule has 1 aliphatic rings. The fourth-order valence-electron chi connectivity index (χ4n) is 2.04. The van der Waals surface area contributed by atoms with Gasteiger partial charge in [-0.2, -0.15) is 0 Å². The summed E-state index contributed by atoms with van der Waals surface area (Å²) in [5, 5.41) is 0. The monoisotopic (exact) mass is 228 g/mol. The lowest BCUT2D eigenvalue weighted by Crippen LogP contribution is -2.45. The molecule has 1 amide bonds. The van der Waals surface area contributed by atoms with E-state index in [9.17, 15) is 4.79 Å². The molecule has 94 valence electrons. The fraction of sp³-hybridized carbons (Fsp3) is 0.917. The molecule has 0 bridgehead atoms. The van der Waals surface area contributed by atoms with Crippen molar-refractivity contribution < 1.29 is 9.53 Å². The van der Waals surface area contributed by atoms with Gasteiger partial charge in [0.15, 0.2) is 0 Å². The van der Waals surface area contributed by atoms with E-state index in [0.717, 1.165) is 19.3 Å². The highest BCUT2D eigenvalue weighted by Crippen LogP contribution is 2.44. The molecule has 1 fully saturated rings. The molecule has 1 saturated carbocycles. The Morgan fingerprint density at radius 2 is 2.00 bits per heavy atom. The smallest absolute Gasteiger partial charge is 0.410 e. The Morgan fingerprint density at radius 3 is 2.31 bits per heavy atom. The summed E-state index contributed by atoms with van der Waals surface area (Å²) in [6.45, 7) is 8.97. The molecule has 0 aromatic heterocycles. The zero-order valence-corrected chi connectivity index (χ0v) is 10.9. The molecule has 1 aliphatic carbocycles. The third-order valence-electron chi connectivity index (χ3n) is 2.94. The van der Waals surface area contributed by atoms with E-state index in [1.807, 2.05) is 32.6 Å². The van der Waals surface area contributed by atoms with Crippen molar-refractivity contribution in [3.05, 3.63) is 0 Å². The van der Waals surface area contributed by atoms with Gasteiger partial charge in [-0.1, -0.05) is 0 Å². The molecule has 4 nitrogen and oxygen atoms in total. The number of ether oxygens (including phenoxy) is 1. The lowest BCUT2D eigenvalue weighted by atomic mass is 10.1. The third-order valence-corrected chi connectivity index (χ3v) is 2.94. The molecule has 0 aromatic carbocycles. The number of nitrogens with zero attached hydrogens (tertiary/aromatic N) is 1. The SMILES string of the molecule is CCN(C(=O)OC(C)(C)C)C1(CCN)CC1. The molecule has 16 heavy (non-hydrogen) atoms. The largest absolute Gasteiger partial charge is 0.444 e. The summed E-state index contributed by atoms with van der Waals surface area (Å²) in [7, 11) is 0. The van der Waals surface area contributed by atoms with E-state index < -0.39 is 5.60 Å². The van der Waals surface area contributed by atoms with Gasteiger partial charge < -0.3 is 15.4 Å². The Bertz CT molecular complexity index is 254. The minimum Gasteiger partial charge on any atom is -0.444 e. The minimum absolute atomic E-state index is 0.00810. The Hall–Kier alpha value is -0.770. The van der Waals surface area contributed by atoms with Gasteiger partial charge in [-0.05, 0) is 53.5 Å². The van der Waals surface area contributed by atoms with Gasteiger partial charge in [-0.3, -0.25) is 0 Å². The maximum atomic E-state index is 12.0. The van der Waals surface area contributed by atoms with Gasteiger partial charge in [0.25, 0.3) is 0 Å². The fourth-order valence-corrected chi connectivity index (χ4v) is 2.04. The van der Waals surface area contributed by atoms with E-state index in [-0.39, 0.29) is 11.6 Å². The summed E-state index contributed by atoms with van der Waals surface area (Å²) < 4.78 is 5.41. The number of hydrogen-bond acceptors (Lipinski definition) is 3. The molecular formula is C12H24N2O2. The topological polar surface area (TPSA) is 55.6 Å². The van der Waals surface area contributed by atoms with E-state index in [4.69, 9.17) is 10.5 Å². The summed E-state index contributed by atoms with van der Waals surface area (Å²) in [4.78, 5) is 13.9. The lowest BCUT2D eigenvalue weighted by molar-refractivity contribution is 0.0135. The van der Waals surface area contributed by atoms with Crippen LogP contribution in [0.15, 0.2) is 0 Å². The standard InChI is InChI=1S/C12H24N2O2/c1-5-14(10(15)16-11(2,3)4)12(6-7-12)8-9-13/h5-9,13H2,1-4H3. The van der Waals surface area contributed by atoms with E-state index in [1.165, 1.54) is 0 Å². The van der Waals surface area contributed by atoms with Gasteiger partial charge in [0.2, 0.25) is 0 Å². The number of nitrogens with two attached hydrogens (primary N) is 1. The van der Waals surface area contributed by atoms with Crippen molar-refractivity contribution in [1.29, 1.82) is 0 Å². The highest BCUT2D eigenvalue weighted by molar-refractivity contribution is 5.69. The van der Waals surface area contributed by atoms with E-state index in [2.05, 4.69) is 0 Å². The van der Waals surface area contributed by atoms with E-state index in [1.54, 1.807) is 0 Å². The van der Waals surface area contributed by atoms with Crippen LogP contribution < -0.4 is 5.73 Å². The summed E-state index contributed by atoms with van der Waals surface area (Å²) in [6.07, 6.45) is 2.77. The zero-order valence-electron chi connectivity index (χ0n) is 10.9. The summed E-state index contributed by atoms with van der Waals surface area (Å²) >= 11 is 0. The molecule has 0 radical (unpaired) electrons. The zero-order chi connectivity index (χ0) is 12.4. The number of hydrogen-bond donors (Lipinski definition) is 1. The molecule has 0 unspecified atom stereocenters. The molecule has 2 N–H and O–H groups in total. The average molecular weight is 228 g/mol. The van der Waals surface area contributed by atoms with Crippen molar-refractivity contribution in [2.24, 2.45) is 5.73 Å². The highest BCUT2D eigenvalue weighted by Gasteiger charge is 2.49. The lowest BCUT2D eigenvalue weighted by Gasteiger charge is -2.33. The van der Waals surface area contributed by atoms with Crippen LogP contribution in [-0.2, 0) is 4.74 Å². The average Bonchev–Trinajstić information content (AvgIpc) is 2.83. The molecule has 0 spiro atoms. The van der Waals surface area contributed by atoms with Crippen LogP contribution in [0.5, 0.6) is 0 Å². The van der Waals surface area contributed by atoms with Gasteiger partial charge in [0, 0.05) is 12.1 Å². The second-order valence-electron chi connectivity index (χ2n) is 5.49. The van der Waals surface area contributed by atoms with Crippen LogP contribution in [0.1, 0.15) is 47.0 Å². The van der Waals surface area contributed by atoms with Gasteiger partial charge in [-0.15, -0.1) is 0 Å². The van der Waals surface area contributed by atoms with Crippen molar-refractivity contribution in [2.45, 2.75) is 58.1 Å². The second kappa shape index (κ2) is 4.62. The first kappa shape index (κ1) is 13.3. The molecular weight excluding hydrogens is 204 g/mol. The Labute approximate surface area is 98.1 Å². The minimum atomic E-state index is -0.427. The van der Waals surface area contributed by atoms with Gasteiger partial charge in [0.05, 0.1) is 0 Å². The van der Waals surface area contributed by atoms with Crippen LogP contribution in [0.3, 0.4) is 0 Å². The first-order valence-electron chi connectivity index (χ1n) is 6.05. The van der Waals surface area contributed by atoms with Crippen molar-refractivity contribution >= 4 is 6.09 Å². The summed E-state index contributed by atoms with van der Waals surface area (Å²) in [5.74, 6) is 0.